The van der Waals surface area contributed by atoms with Crippen LogP contribution in [0.3, 0.4) is 0 Å². The number of hydrogen-bond acceptors (Lipinski definition) is 6. The van der Waals surface area contributed by atoms with Gasteiger partial charge >= 0.3 is 5.97 Å². The zero-order valence-corrected chi connectivity index (χ0v) is 15.9. The van der Waals surface area contributed by atoms with Gasteiger partial charge in [0.1, 0.15) is 6.61 Å². The molecule has 0 fully saturated rings. The largest absolute Gasteiger partial charge is 0.490 e. The standard InChI is InChI=1S/C21H22N2O5/c1-3-19(24)28-20-17(26-4-2)10-7-11-18(20)27-13-12-23-14-22-16-9-6-5-8-15(16)21(23)25/h5-11,14H,3-4,12-13H2,1-2H3. The fraction of sp³-hybridized carbons (Fsp3) is 0.286. The molecule has 0 radical (unpaired) electrons. The van der Waals surface area contributed by atoms with Gasteiger partial charge < -0.3 is 14.2 Å². The van der Waals surface area contributed by atoms with Crippen molar-refractivity contribution in [2.75, 3.05) is 13.2 Å². The molecule has 0 N–H and O–H groups in total. The Morgan fingerprint density at radius 3 is 2.54 bits per heavy atom. The highest BCUT2D eigenvalue weighted by molar-refractivity contribution is 5.77. The molecule has 1 aromatic heterocycles. The fourth-order valence-corrected chi connectivity index (χ4v) is 2.68. The van der Waals surface area contributed by atoms with E-state index in [9.17, 15) is 9.59 Å². The predicted molar refractivity (Wildman–Crippen MR) is 105 cm³/mol. The van der Waals surface area contributed by atoms with Crippen molar-refractivity contribution in [3.05, 3.63) is 59.1 Å². The van der Waals surface area contributed by atoms with E-state index < -0.39 is 0 Å². The Bertz CT molecular complexity index is 1030. The summed E-state index contributed by atoms with van der Waals surface area (Å²) >= 11 is 0. The van der Waals surface area contributed by atoms with Crippen molar-refractivity contribution >= 4 is 16.9 Å². The number of fused-ring (bicyclic) bond motifs is 1. The van der Waals surface area contributed by atoms with Crippen LogP contribution in [0.1, 0.15) is 20.3 Å². The molecule has 0 unspecified atom stereocenters. The van der Waals surface area contributed by atoms with Crippen LogP contribution >= 0.6 is 0 Å². The predicted octanol–water partition coefficient (Wildman–Crippen LogP) is 3.19. The van der Waals surface area contributed by atoms with Crippen LogP contribution in [0, 0.1) is 0 Å². The molecule has 0 bridgehead atoms. The van der Waals surface area contributed by atoms with Crippen LogP contribution in [-0.4, -0.2) is 28.7 Å². The van der Waals surface area contributed by atoms with Crippen molar-refractivity contribution in [2.45, 2.75) is 26.8 Å². The van der Waals surface area contributed by atoms with Gasteiger partial charge in [0.2, 0.25) is 5.75 Å². The van der Waals surface area contributed by atoms with Gasteiger partial charge in [0, 0.05) is 6.42 Å². The fourth-order valence-electron chi connectivity index (χ4n) is 2.68. The quantitative estimate of drug-likeness (QED) is 0.440. The Hall–Kier alpha value is -3.35. The van der Waals surface area contributed by atoms with Crippen LogP contribution in [0.4, 0.5) is 0 Å². The molecule has 146 valence electrons. The summed E-state index contributed by atoms with van der Waals surface area (Å²) in [6.07, 6.45) is 1.74. The first-order valence-corrected chi connectivity index (χ1v) is 9.17. The van der Waals surface area contributed by atoms with Crippen molar-refractivity contribution < 1.29 is 19.0 Å². The van der Waals surface area contributed by atoms with Gasteiger partial charge in [-0.2, -0.15) is 0 Å². The van der Waals surface area contributed by atoms with E-state index in [-0.39, 0.29) is 30.3 Å². The first-order valence-electron chi connectivity index (χ1n) is 9.17. The minimum absolute atomic E-state index is 0.130. The van der Waals surface area contributed by atoms with Gasteiger partial charge in [-0.3, -0.25) is 14.2 Å². The Morgan fingerprint density at radius 1 is 1.04 bits per heavy atom. The van der Waals surface area contributed by atoms with E-state index in [0.29, 0.717) is 35.6 Å². The SMILES string of the molecule is CCOc1cccc(OCCn2cnc3ccccc3c2=O)c1OC(=O)CC. The van der Waals surface area contributed by atoms with Crippen molar-refractivity contribution in [3.63, 3.8) is 0 Å². The van der Waals surface area contributed by atoms with E-state index in [4.69, 9.17) is 14.2 Å². The molecule has 1 heterocycles. The second kappa shape index (κ2) is 9.03. The van der Waals surface area contributed by atoms with Crippen molar-refractivity contribution in [1.29, 1.82) is 0 Å². The molecule has 0 aliphatic carbocycles. The maximum atomic E-state index is 12.5. The van der Waals surface area contributed by atoms with Crippen LogP contribution in [0.2, 0.25) is 0 Å². The topological polar surface area (TPSA) is 79.7 Å². The maximum absolute atomic E-state index is 12.5. The minimum atomic E-state index is -0.382. The highest BCUT2D eigenvalue weighted by atomic mass is 16.6. The zero-order valence-electron chi connectivity index (χ0n) is 15.9. The summed E-state index contributed by atoms with van der Waals surface area (Å²) < 4.78 is 18.2. The summed E-state index contributed by atoms with van der Waals surface area (Å²) in [7, 11) is 0. The molecule has 0 aliphatic heterocycles. The number of carbonyl (C=O) groups is 1. The Labute approximate surface area is 162 Å². The first-order chi connectivity index (χ1) is 13.6. The molecule has 3 aromatic rings. The summed E-state index contributed by atoms with van der Waals surface area (Å²) in [5.74, 6) is 0.688. The van der Waals surface area contributed by atoms with E-state index in [1.165, 1.54) is 10.9 Å². The summed E-state index contributed by atoms with van der Waals surface area (Å²) in [5.41, 5.74) is 0.526. The normalized spacial score (nSPS) is 10.6. The Morgan fingerprint density at radius 2 is 1.79 bits per heavy atom. The third-order valence-electron chi connectivity index (χ3n) is 4.07. The Kier molecular flexibility index (Phi) is 6.26. The van der Waals surface area contributed by atoms with Gasteiger partial charge in [-0.15, -0.1) is 0 Å². The van der Waals surface area contributed by atoms with Gasteiger partial charge in [-0.05, 0) is 31.2 Å². The van der Waals surface area contributed by atoms with Gasteiger partial charge in [-0.25, -0.2) is 4.98 Å². The van der Waals surface area contributed by atoms with Crippen molar-refractivity contribution in [3.8, 4) is 17.2 Å². The van der Waals surface area contributed by atoms with Crippen LogP contribution < -0.4 is 19.8 Å². The highest BCUT2D eigenvalue weighted by Crippen LogP contribution is 2.37. The van der Waals surface area contributed by atoms with Gasteiger partial charge in [0.05, 0.1) is 30.4 Å². The zero-order chi connectivity index (χ0) is 19.9. The molecule has 0 spiro atoms. The molecule has 0 aliphatic rings. The van der Waals surface area contributed by atoms with Gasteiger partial charge in [0.25, 0.3) is 5.56 Å². The maximum Gasteiger partial charge on any atom is 0.311 e. The number of aromatic nitrogens is 2. The van der Waals surface area contributed by atoms with Crippen molar-refractivity contribution in [1.82, 2.24) is 9.55 Å². The number of benzene rings is 2. The summed E-state index contributed by atoms with van der Waals surface area (Å²) in [4.78, 5) is 28.6. The molecule has 0 amide bonds. The number of esters is 1. The lowest BCUT2D eigenvalue weighted by atomic mass is 10.2. The third-order valence-corrected chi connectivity index (χ3v) is 4.07. The number of hydrogen-bond donors (Lipinski definition) is 0. The summed E-state index contributed by atoms with van der Waals surface area (Å²) in [5, 5.41) is 0.556. The van der Waals surface area contributed by atoms with Crippen LogP contribution in [0.15, 0.2) is 53.6 Å². The van der Waals surface area contributed by atoms with E-state index >= 15 is 0 Å². The molecule has 0 saturated carbocycles. The van der Waals surface area contributed by atoms with E-state index in [1.54, 1.807) is 43.3 Å². The average molecular weight is 382 g/mol. The van der Waals surface area contributed by atoms with E-state index in [2.05, 4.69) is 4.98 Å². The average Bonchev–Trinajstić information content (AvgIpc) is 2.72. The lowest BCUT2D eigenvalue weighted by Crippen LogP contribution is -2.23. The lowest BCUT2D eigenvalue weighted by Gasteiger charge is -2.15. The highest BCUT2D eigenvalue weighted by Gasteiger charge is 2.16. The van der Waals surface area contributed by atoms with E-state index in [0.717, 1.165) is 0 Å². The molecule has 7 heteroatoms. The molecule has 0 saturated heterocycles. The smallest absolute Gasteiger partial charge is 0.311 e. The molecular weight excluding hydrogens is 360 g/mol. The number of para-hydroxylation sites is 2. The number of carbonyl (C=O) groups excluding carboxylic acids is 1. The van der Waals surface area contributed by atoms with Crippen LogP contribution in [0.25, 0.3) is 10.9 Å². The first kappa shape index (κ1) is 19.4. The van der Waals surface area contributed by atoms with Crippen LogP contribution in [0.5, 0.6) is 17.2 Å². The van der Waals surface area contributed by atoms with Gasteiger partial charge in [0.15, 0.2) is 11.5 Å². The minimum Gasteiger partial charge on any atom is -0.490 e. The number of ether oxygens (including phenoxy) is 3. The molecule has 3 rings (SSSR count). The van der Waals surface area contributed by atoms with Crippen LogP contribution in [-0.2, 0) is 11.3 Å². The lowest BCUT2D eigenvalue weighted by molar-refractivity contribution is -0.134. The molecule has 2 aromatic carbocycles. The molecule has 28 heavy (non-hydrogen) atoms. The molecule has 0 atom stereocenters. The monoisotopic (exact) mass is 382 g/mol. The van der Waals surface area contributed by atoms with E-state index in [1.807, 2.05) is 13.0 Å². The second-order valence-corrected chi connectivity index (χ2v) is 5.95. The second-order valence-electron chi connectivity index (χ2n) is 5.95. The number of rotatable bonds is 8. The summed E-state index contributed by atoms with van der Waals surface area (Å²) in [6, 6.07) is 12.4. The number of nitrogens with zero attached hydrogens (tertiary/aromatic N) is 2. The molecule has 7 nitrogen and oxygen atoms in total. The van der Waals surface area contributed by atoms with Gasteiger partial charge in [-0.1, -0.05) is 25.1 Å². The third kappa shape index (κ3) is 4.31. The molecular formula is C21H22N2O5. The Balaban J connectivity index is 1.77. The summed E-state index contributed by atoms with van der Waals surface area (Å²) in [6.45, 7) is 4.49. The van der Waals surface area contributed by atoms with Crippen molar-refractivity contribution in [2.24, 2.45) is 0 Å².